The van der Waals surface area contributed by atoms with Crippen LogP contribution in [0.1, 0.15) is 61.5 Å². The molecule has 0 spiro atoms. The molecule has 0 radical (unpaired) electrons. The van der Waals surface area contributed by atoms with Crippen molar-refractivity contribution in [2.45, 2.75) is 68.8 Å². The Kier molecular flexibility index (Phi) is 5.17. The lowest BCUT2D eigenvalue weighted by Gasteiger charge is -2.49. The van der Waals surface area contributed by atoms with Gasteiger partial charge in [-0.3, -0.25) is 9.78 Å². The zero-order chi connectivity index (χ0) is 20.6. The van der Waals surface area contributed by atoms with E-state index >= 15 is 0 Å². The highest BCUT2D eigenvalue weighted by atomic mass is 16.5. The van der Waals surface area contributed by atoms with E-state index in [-0.39, 0.29) is 23.2 Å². The Hall–Kier alpha value is -2.31. The number of fused-ring (bicyclic) bond motifs is 2. The van der Waals surface area contributed by atoms with Gasteiger partial charge in [-0.1, -0.05) is 30.3 Å². The van der Waals surface area contributed by atoms with E-state index in [1.54, 1.807) is 18.1 Å². The topological polar surface area (TPSA) is 75.6 Å². The van der Waals surface area contributed by atoms with Crippen LogP contribution in [-0.4, -0.2) is 56.3 Å². The Bertz CT molecular complexity index is 862. The molecule has 1 aromatic heterocycles. The second-order valence-corrected chi connectivity index (χ2v) is 8.94. The predicted octanol–water partition coefficient (Wildman–Crippen LogP) is 3.18. The number of likely N-dealkylation sites (N-methyl/N-ethyl adjacent to an activating group) is 1. The molecule has 2 bridgehead atoms. The molecule has 1 aromatic carbocycles. The fourth-order valence-electron chi connectivity index (χ4n) is 5.19. The summed E-state index contributed by atoms with van der Waals surface area (Å²) in [5, 5.41) is 11.4. The number of rotatable bonds is 3. The zero-order valence-corrected chi connectivity index (χ0v) is 17.3. The molecule has 1 amide bonds. The molecule has 6 heteroatoms. The van der Waals surface area contributed by atoms with Crippen LogP contribution >= 0.6 is 0 Å². The van der Waals surface area contributed by atoms with Gasteiger partial charge in [-0.25, -0.2) is 4.98 Å². The molecule has 2 aliphatic heterocycles. The first-order valence-electron chi connectivity index (χ1n) is 10.3. The molecule has 4 rings (SSSR count). The van der Waals surface area contributed by atoms with Crippen molar-refractivity contribution in [2.75, 3.05) is 7.05 Å². The molecule has 0 aliphatic carbocycles. The van der Waals surface area contributed by atoms with Crippen molar-refractivity contribution in [1.29, 1.82) is 0 Å². The van der Waals surface area contributed by atoms with E-state index in [4.69, 9.17) is 4.74 Å². The monoisotopic (exact) mass is 395 g/mol. The molecule has 0 saturated carbocycles. The van der Waals surface area contributed by atoms with Crippen LogP contribution in [0.2, 0.25) is 0 Å². The molecule has 2 aromatic rings. The second-order valence-electron chi connectivity index (χ2n) is 8.94. The summed E-state index contributed by atoms with van der Waals surface area (Å²) in [5.74, 6) is 0.0845. The number of aliphatic hydroxyl groups is 1. The maximum Gasteiger partial charge on any atom is 0.274 e. The lowest BCUT2D eigenvalue weighted by Crippen LogP contribution is -2.57. The SMILES string of the molecule is CN(C(=O)c1cnccn1)[C@H]1CC[C@@]2(C)C[C@H](c3ccccc3)C[C@](C)(O2)[C@@H]1O. The van der Waals surface area contributed by atoms with Crippen molar-refractivity contribution < 1.29 is 14.6 Å². The molecule has 154 valence electrons. The van der Waals surface area contributed by atoms with Gasteiger partial charge in [-0.05, 0) is 51.0 Å². The number of ether oxygens (including phenoxy) is 1. The molecular formula is C23H29N3O3. The minimum atomic E-state index is -0.790. The Morgan fingerprint density at radius 3 is 2.66 bits per heavy atom. The van der Waals surface area contributed by atoms with Crippen molar-refractivity contribution >= 4 is 5.91 Å². The summed E-state index contributed by atoms with van der Waals surface area (Å²) >= 11 is 0. The molecule has 1 N–H and O–H groups in total. The van der Waals surface area contributed by atoms with E-state index in [1.807, 2.05) is 13.0 Å². The van der Waals surface area contributed by atoms with Gasteiger partial charge in [-0.15, -0.1) is 0 Å². The summed E-state index contributed by atoms with van der Waals surface area (Å²) in [7, 11) is 1.74. The van der Waals surface area contributed by atoms with Crippen LogP contribution in [-0.2, 0) is 4.74 Å². The zero-order valence-electron chi connectivity index (χ0n) is 17.3. The van der Waals surface area contributed by atoms with E-state index < -0.39 is 11.7 Å². The van der Waals surface area contributed by atoms with E-state index in [1.165, 1.54) is 18.0 Å². The molecule has 6 nitrogen and oxygen atoms in total. The van der Waals surface area contributed by atoms with Crippen molar-refractivity contribution in [3.63, 3.8) is 0 Å². The Morgan fingerprint density at radius 2 is 1.97 bits per heavy atom. The van der Waals surface area contributed by atoms with Gasteiger partial charge >= 0.3 is 0 Å². The minimum absolute atomic E-state index is 0.230. The van der Waals surface area contributed by atoms with E-state index in [9.17, 15) is 9.90 Å². The van der Waals surface area contributed by atoms with Crippen molar-refractivity contribution in [3.8, 4) is 0 Å². The molecule has 5 atom stereocenters. The van der Waals surface area contributed by atoms with Crippen LogP contribution in [0.3, 0.4) is 0 Å². The highest BCUT2D eigenvalue weighted by molar-refractivity contribution is 5.92. The third kappa shape index (κ3) is 3.79. The number of nitrogens with zero attached hydrogens (tertiary/aromatic N) is 3. The maximum absolute atomic E-state index is 12.9. The third-order valence-electron chi connectivity index (χ3n) is 6.64. The number of aromatic nitrogens is 2. The van der Waals surface area contributed by atoms with Gasteiger partial charge < -0.3 is 14.7 Å². The smallest absolute Gasteiger partial charge is 0.274 e. The summed E-state index contributed by atoms with van der Waals surface area (Å²) in [5.41, 5.74) is 0.502. The van der Waals surface area contributed by atoms with Crippen molar-refractivity contribution in [1.82, 2.24) is 14.9 Å². The predicted molar refractivity (Wildman–Crippen MR) is 109 cm³/mol. The number of aliphatic hydroxyl groups excluding tert-OH is 1. The Morgan fingerprint density at radius 1 is 1.21 bits per heavy atom. The lowest BCUT2D eigenvalue weighted by molar-refractivity contribution is -0.214. The number of amides is 1. The van der Waals surface area contributed by atoms with Crippen LogP contribution < -0.4 is 0 Å². The van der Waals surface area contributed by atoms with Gasteiger partial charge in [0.05, 0.1) is 23.4 Å². The average molecular weight is 396 g/mol. The first-order chi connectivity index (χ1) is 13.8. The molecule has 29 heavy (non-hydrogen) atoms. The first kappa shape index (κ1) is 20.0. The molecule has 2 fully saturated rings. The number of carbonyl (C=O) groups is 1. The highest BCUT2D eigenvalue weighted by Gasteiger charge is 2.54. The largest absolute Gasteiger partial charge is 0.388 e. The molecule has 2 aliphatic rings. The third-order valence-corrected chi connectivity index (χ3v) is 6.64. The van der Waals surface area contributed by atoms with Crippen LogP contribution in [0.4, 0.5) is 0 Å². The van der Waals surface area contributed by atoms with Gasteiger partial charge in [-0.2, -0.15) is 0 Å². The molecule has 2 saturated heterocycles. The van der Waals surface area contributed by atoms with Gasteiger partial charge in [0, 0.05) is 19.4 Å². The summed E-state index contributed by atoms with van der Waals surface area (Å²) in [6, 6.07) is 10.1. The quantitative estimate of drug-likeness (QED) is 0.864. The fourth-order valence-corrected chi connectivity index (χ4v) is 5.19. The molecule has 0 unspecified atom stereocenters. The number of hydrogen-bond donors (Lipinski definition) is 1. The number of benzene rings is 1. The van der Waals surface area contributed by atoms with Crippen LogP contribution in [0.5, 0.6) is 0 Å². The Balaban J connectivity index is 1.62. The second kappa shape index (κ2) is 7.50. The standard InChI is InChI=1S/C23H29N3O3/c1-22-10-9-19(26(3)21(28)18-15-24-11-12-25-18)20(27)23(2,29-22)14-17(13-22)16-7-5-4-6-8-16/h4-8,11-12,15,17,19-20,27H,9-10,13-14H2,1-3H3/t17-,19-,20+,22-,23-/m0/s1. The van der Waals surface area contributed by atoms with Crippen LogP contribution in [0.25, 0.3) is 0 Å². The van der Waals surface area contributed by atoms with Crippen molar-refractivity contribution in [3.05, 3.63) is 60.2 Å². The minimum Gasteiger partial charge on any atom is -0.388 e. The summed E-state index contributed by atoms with van der Waals surface area (Å²) in [6.45, 7) is 4.13. The molecular weight excluding hydrogens is 366 g/mol. The fraction of sp³-hybridized carbons (Fsp3) is 0.522. The first-order valence-corrected chi connectivity index (χ1v) is 10.3. The van der Waals surface area contributed by atoms with Gasteiger partial charge in [0.2, 0.25) is 0 Å². The van der Waals surface area contributed by atoms with Gasteiger partial charge in [0.15, 0.2) is 0 Å². The number of carbonyl (C=O) groups excluding carboxylic acids is 1. The molecule has 3 heterocycles. The van der Waals surface area contributed by atoms with E-state index in [0.29, 0.717) is 12.3 Å². The van der Waals surface area contributed by atoms with Gasteiger partial charge in [0.25, 0.3) is 5.91 Å². The van der Waals surface area contributed by atoms with E-state index in [0.717, 1.165) is 19.3 Å². The van der Waals surface area contributed by atoms with Crippen LogP contribution in [0.15, 0.2) is 48.9 Å². The van der Waals surface area contributed by atoms with Gasteiger partial charge in [0.1, 0.15) is 11.8 Å². The number of hydrogen-bond acceptors (Lipinski definition) is 5. The maximum atomic E-state index is 12.9. The lowest BCUT2D eigenvalue weighted by atomic mass is 9.74. The average Bonchev–Trinajstić information content (AvgIpc) is 2.80. The summed E-state index contributed by atoms with van der Waals surface area (Å²) < 4.78 is 6.54. The summed E-state index contributed by atoms with van der Waals surface area (Å²) in [6.07, 6.45) is 6.81. The van der Waals surface area contributed by atoms with E-state index in [2.05, 4.69) is 41.2 Å². The normalized spacial score (nSPS) is 34.3. The van der Waals surface area contributed by atoms with Crippen molar-refractivity contribution in [2.24, 2.45) is 0 Å². The highest BCUT2D eigenvalue weighted by Crippen LogP contribution is 2.50. The van der Waals surface area contributed by atoms with Crippen LogP contribution in [0, 0.1) is 0 Å². The summed E-state index contributed by atoms with van der Waals surface area (Å²) in [4.78, 5) is 22.7. The Labute approximate surface area is 171 Å².